The molecule has 0 amide bonds. The van der Waals surface area contributed by atoms with Crippen molar-refractivity contribution >= 4 is 44.9 Å². The summed E-state index contributed by atoms with van der Waals surface area (Å²) in [4.78, 5) is 9.18. The Hall–Kier alpha value is -6.75. The minimum Gasteiger partial charge on any atom is -0.624 e. The number of allylic oxidation sites excluding steroid dienone is 1. The van der Waals surface area contributed by atoms with E-state index in [2.05, 4.69) is 32.7 Å². The van der Waals surface area contributed by atoms with Crippen molar-refractivity contribution in [1.82, 2.24) is 9.97 Å². The zero-order valence-corrected chi connectivity index (χ0v) is 28.9. The van der Waals surface area contributed by atoms with Gasteiger partial charge >= 0.3 is 16.8 Å². The molecule has 8 aromatic rings. The number of oxazole rings is 2. The molecule has 0 N–H and O–H groups in total. The monoisotopic (exact) mass is 739 g/mol. The molecule has 10 rings (SSSR count). The van der Waals surface area contributed by atoms with Crippen molar-refractivity contribution in [3.63, 3.8) is 0 Å². The van der Waals surface area contributed by atoms with Crippen molar-refractivity contribution in [1.29, 1.82) is 0 Å². The average Bonchev–Trinajstić information content (AvgIpc) is 4.01. The van der Waals surface area contributed by atoms with Gasteiger partial charge in [0.25, 0.3) is 5.89 Å². The normalized spacial score (nSPS) is 14.3. The van der Waals surface area contributed by atoms with Crippen LogP contribution in [0.4, 0.5) is 11.4 Å². The Morgan fingerprint density at radius 1 is 0.509 bits per heavy atom. The molecule has 259 valence electrons. The van der Waals surface area contributed by atoms with E-state index >= 15 is 0 Å². The summed E-state index contributed by atoms with van der Waals surface area (Å²) in [7, 11) is 0. The third-order valence-corrected chi connectivity index (χ3v) is 8.27. The second-order valence-corrected chi connectivity index (χ2v) is 11.8. The van der Waals surface area contributed by atoms with E-state index in [9.17, 15) is 0 Å². The fourth-order valence-electron chi connectivity index (χ4n) is 5.77. The predicted octanol–water partition coefficient (Wildman–Crippen LogP) is 11.5. The van der Waals surface area contributed by atoms with Crippen LogP contribution in [0.1, 0.15) is 17.3 Å². The number of fused-ring (bicyclic) bond motifs is 4. The third kappa shape index (κ3) is 7.09. The number of hydrogen-bond acceptors (Lipinski definition) is 7. The first kappa shape index (κ1) is 33.4. The van der Waals surface area contributed by atoms with E-state index in [1.165, 1.54) is 0 Å². The van der Waals surface area contributed by atoms with Gasteiger partial charge in [-0.1, -0.05) is 121 Å². The van der Waals surface area contributed by atoms with E-state index in [0.717, 1.165) is 44.9 Å². The molecule has 0 aliphatic carbocycles. The summed E-state index contributed by atoms with van der Waals surface area (Å²) in [5, 5.41) is 9.18. The smallest absolute Gasteiger partial charge is 0.624 e. The van der Waals surface area contributed by atoms with Gasteiger partial charge in [0.05, 0.1) is 5.88 Å². The molecular weight excluding hydrogens is 711 g/mol. The number of ether oxygens (including phenoxy) is 3. The molecule has 2 aromatic heterocycles. The average molecular weight is 740 g/mol. The van der Waals surface area contributed by atoms with Crippen molar-refractivity contribution in [2.24, 2.45) is 0 Å². The zero-order chi connectivity index (χ0) is 34.7. The maximum Gasteiger partial charge on any atom is 2.00 e. The van der Waals surface area contributed by atoms with Gasteiger partial charge < -0.3 is 33.7 Å². The maximum atomic E-state index is 6.05. The Morgan fingerprint density at radius 2 is 1.00 bits per heavy atom. The minimum absolute atomic E-state index is 0. The van der Waals surface area contributed by atoms with Crippen molar-refractivity contribution in [3.8, 4) is 17.2 Å². The Labute approximate surface area is 314 Å². The van der Waals surface area contributed by atoms with E-state index in [1.807, 2.05) is 146 Å². The van der Waals surface area contributed by atoms with Crippen LogP contribution in [0.3, 0.4) is 0 Å². The number of rotatable bonds is 6. The van der Waals surface area contributed by atoms with Gasteiger partial charge in [-0.05, 0) is 54.1 Å². The first-order chi connectivity index (χ1) is 25.7. The fourth-order valence-corrected chi connectivity index (χ4v) is 5.77. The SMILES string of the molecule is [Co+2].c1ccc(C/C(=C2/[N-]c3ccccc3O2)c2nc3ccccc3o2)cc1.c1ccc(O/C(=C2/[N-]c3ccccc3O2)c2nc3ccccc3o2)cc1. The Bertz CT molecular complexity index is 2300. The van der Waals surface area contributed by atoms with Gasteiger partial charge in [0.1, 0.15) is 28.3 Å². The second kappa shape index (κ2) is 14.8. The zero-order valence-electron chi connectivity index (χ0n) is 27.9. The van der Waals surface area contributed by atoms with Crippen LogP contribution in [0.5, 0.6) is 17.2 Å². The number of aromatic nitrogens is 2. The van der Waals surface area contributed by atoms with Gasteiger partial charge in [-0.3, -0.25) is 0 Å². The Morgan fingerprint density at radius 3 is 1.62 bits per heavy atom. The van der Waals surface area contributed by atoms with Crippen molar-refractivity contribution in [2.75, 3.05) is 0 Å². The van der Waals surface area contributed by atoms with Crippen LogP contribution in [0.2, 0.25) is 0 Å². The molecule has 10 heteroatoms. The third-order valence-electron chi connectivity index (χ3n) is 8.27. The molecule has 1 radical (unpaired) electrons. The van der Waals surface area contributed by atoms with Crippen LogP contribution in [0.25, 0.3) is 44.2 Å². The van der Waals surface area contributed by atoms with Gasteiger partial charge in [0.2, 0.25) is 11.6 Å². The molecule has 0 unspecified atom stereocenters. The van der Waals surface area contributed by atoms with Gasteiger partial charge in [-0.25, -0.2) is 9.97 Å². The quantitative estimate of drug-likeness (QED) is 0.156. The van der Waals surface area contributed by atoms with Crippen LogP contribution < -0.4 is 14.2 Å². The van der Waals surface area contributed by atoms with E-state index in [1.54, 1.807) is 0 Å². The van der Waals surface area contributed by atoms with E-state index in [0.29, 0.717) is 52.8 Å². The summed E-state index contributed by atoms with van der Waals surface area (Å²) in [5.74, 6) is 4.14. The van der Waals surface area contributed by atoms with E-state index < -0.39 is 0 Å². The van der Waals surface area contributed by atoms with Crippen LogP contribution in [-0.2, 0) is 23.2 Å². The van der Waals surface area contributed by atoms with Crippen molar-refractivity contribution in [3.05, 3.63) is 197 Å². The molecule has 0 saturated carbocycles. The molecule has 53 heavy (non-hydrogen) atoms. The molecule has 6 aromatic carbocycles. The number of hydrogen-bond donors (Lipinski definition) is 0. The standard InChI is InChI=1S/C22H15N2O2.C21H13N2O3.Co/c1-2-8-15(9-3-1)14-16(21-23-17-10-4-6-12-19(17)25-21)22-24-18-11-5-7-13-20(18)26-22;1-2-8-14(9-3-1)24-19(20-22-15-10-4-6-12-17(15)25-20)21-23-16-11-5-7-13-18(16)26-21;/h1-13H,14H2;1-13H;/q2*-1;+2/b21-16+;20-19-;. The largest absolute Gasteiger partial charge is 2.00 e. The Balaban J connectivity index is 0.000000148. The summed E-state index contributed by atoms with van der Waals surface area (Å²) in [6, 6.07) is 50.2. The molecule has 0 atom stereocenters. The predicted molar refractivity (Wildman–Crippen MR) is 199 cm³/mol. The van der Waals surface area contributed by atoms with Crippen LogP contribution in [0, 0.1) is 0 Å². The number of nitrogens with zero attached hydrogens (tertiary/aromatic N) is 4. The number of para-hydroxylation sites is 9. The summed E-state index contributed by atoms with van der Waals surface area (Å²) in [6.45, 7) is 0. The van der Waals surface area contributed by atoms with E-state index in [-0.39, 0.29) is 16.8 Å². The molecule has 2 aliphatic rings. The maximum absolute atomic E-state index is 6.05. The van der Waals surface area contributed by atoms with E-state index in [4.69, 9.17) is 23.0 Å². The molecule has 4 heterocycles. The molecule has 9 nitrogen and oxygen atoms in total. The molecule has 0 saturated heterocycles. The van der Waals surface area contributed by atoms with Gasteiger partial charge in [0, 0.05) is 17.9 Å². The summed E-state index contributed by atoms with van der Waals surface area (Å²) in [6.07, 6.45) is 0.625. The number of benzene rings is 6. The molecule has 2 aliphatic heterocycles. The fraction of sp³-hybridized carbons (Fsp3) is 0.0233. The summed E-state index contributed by atoms with van der Waals surface area (Å²) < 4.78 is 29.8. The van der Waals surface area contributed by atoms with Gasteiger partial charge in [0.15, 0.2) is 11.2 Å². The molecule has 0 bridgehead atoms. The second-order valence-electron chi connectivity index (χ2n) is 11.8. The van der Waals surface area contributed by atoms with Gasteiger partial charge in [-0.2, -0.15) is 0 Å². The molecule has 0 spiro atoms. The Kier molecular flexibility index (Phi) is 9.35. The summed E-state index contributed by atoms with van der Waals surface area (Å²) >= 11 is 0. The van der Waals surface area contributed by atoms with Crippen LogP contribution in [-0.4, -0.2) is 9.97 Å². The molecular formula is C43H28CoN4O5. The van der Waals surface area contributed by atoms with Crippen LogP contribution >= 0.6 is 0 Å². The van der Waals surface area contributed by atoms with Gasteiger partial charge in [-0.15, -0.1) is 0 Å². The van der Waals surface area contributed by atoms with Crippen LogP contribution in [0.15, 0.2) is 178 Å². The molecule has 0 fully saturated rings. The minimum atomic E-state index is 0. The summed E-state index contributed by atoms with van der Waals surface area (Å²) in [5.41, 5.74) is 6.54. The first-order valence-corrected chi connectivity index (χ1v) is 16.7. The first-order valence-electron chi connectivity index (χ1n) is 16.7. The van der Waals surface area contributed by atoms with Crippen molar-refractivity contribution in [2.45, 2.75) is 6.42 Å². The topological polar surface area (TPSA) is 108 Å². The van der Waals surface area contributed by atoms with Crippen molar-refractivity contribution < 1.29 is 39.8 Å².